The van der Waals surface area contributed by atoms with Crippen molar-refractivity contribution in [1.82, 2.24) is 10.0 Å². The first-order valence-electron chi connectivity index (χ1n) is 7.27. The minimum Gasteiger partial charge on any atom is -0.407 e. The Morgan fingerprint density at radius 1 is 1.24 bits per heavy atom. The molecule has 9 heteroatoms. The zero-order valence-corrected chi connectivity index (χ0v) is 12.9. The molecule has 0 saturated heterocycles. The van der Waals surface area contributed by atoms with Gasteiger partial charge in [0.05, 0.1) is 23.1 Å². The van der Waals surface area contributed by atoms with Crippen LogP contribution in [0.4, 0.5) is 5.69 Å². The molecule has 25 heavy (non-hydrogen) atoms. The quantitative estimate of drug-likeness (QED) is 0.538. The molecule has 0 unspecified atom stereocenters. The maximum Gasteiger partial charge on any atom is 0.420 e. The second-order valence-corrected chi connectivity index (χ2v) is 5.16. The second-order valence-electron chi connectivity index (χ2n) is 5.16. The lowest BCUT2D eigenvalue weighted by molar-refractivity contribution is -0.384. The number of aromatic nitrogens is 1. The van der Waals surface area contributed by atoms with Crippen LogP contribution in [-0.4, -0.2) is 15.4 Å². The number of hydroxylamine groups is 1. The lowest BCUT2D eigenvalue weighted by atomic mass is 10.2. The molecule has 0 spiro atoms. The van der Waals surface area contributed by atoms with E-state index in [4.69, 9.17) is 9.25 Å². The third-order valence-corrected chi connectivity index (χ3v) is 3.43. The van der Waals surface area contributed by atoms with Crippen LogP contribution in [0.15, 0.2) is 57.7 Å². The first-order chi connectivity index (χ1) is 12.0. The number of nitrogens with zero attached hydrogens (tertiary/aromatic N) is 2. The summed E-state index contributed by atoms with van der Waals surface area (Å²) < 4.78 is 6.02. The highest BCUT2D eigenvalue weighted by molar-refractivity contribution is 5.80. The summed E-state index contributed by atoms with van der Waals surface area (Å²) in [5, 5.41) is 10.7. The van der Waals surface area contributed by atoms with Crippen molar-refractivity contribution in [2.24, 2.45) is 0 Å². The molecule has 0 bridgehead atoms. The van der Waals surface area contributed by atoms with Crippen molar-refractivity contribution in [3.63, 3.8) is 0 Å². The van der Waals surface area contributed by atoms with Crippen LogP contribution in [-0.2, 0) is 22.8 Å². The van der Waals surface area contributed by atoms with Crippen LogP contribution in [0.25, 0.3) is 11.1 Å². The number of fused-ring (bicyclic) bond motifs is 1. The van der Waals surface area contributed by atoms with Gasteiger partial charge in [0.15, 0.2) is 5.58 Å². The Morgan fingerprint density at radius 3 is 2.72 bits per heavy atom. The van der Waals surface area contributed by atoms with Crippen LogP contribution in [0.5, 0.6) is 0 Å². The van der Waals surface area contributed by atoms with Crippen LogP contribution in [0.2, 0.25) is 0 Å². The molecule has 9 nitrogen and oxygen atoms in total. The van der Waals surface area contributed by atoms with Crippen LogP contribution in [0, 0.1) is 10.1 Å². The van der Waals surface area contributed by atoms with Gasteiger partial charge in [0, 0.05) is 6.07 Å². The van der Waals surface area contributed by atoms with Crippen molar-refractivity contribution in [2.75, 3.05) is 0 Å². The Kier molecular flexibility index (Phi) is 4.57. The van der Waals surface area contributed by atoms with E-state index >= 15 is 0 Å². The fourth-order valence-corrected chi connectivity index (χ4v) is 2.27. The predicted octanol–water partition coefficient (Wildman–Crippen LogP) is 1.75. The number of benzene rings is 2. The molecule has 1 amide bonds. The zero-order chi connectivity index (χ0) is 17.8. The van der Waals surface area contributed by atoms with Gasteiger partial charge in [-0.2, -0.15) is 0 Å². The van der Waals surface area contributed by atoms with Crippen molar-refractivity contribution < 1.29 is 19.0 Å². The highest BCUT2D eigenvalue weighted by Gasteiger charge is 2.16. The number of nitro benzene ring substituents is 1. The number of non-ortho nitro benzene ring substituents is 1. The summed E-state index contributed by atoms with van der Waals surface area (Å²) in [5.74, 6) is -1.34. The van der Waals surface area contributed by atoms with E-state index in [0.717, 1.165) is 16.2 Å². The van der Waals surface area contributed by atoms with Gasteiger partial charge >= 0.3 is 5.76 Å². The molecule has 0 aliphatic carbocycles. The molecule has 1 N–H and O–H groups in total. The Labute approximate surface area is 140 Å². The Morgan fingerprint density at radius 2 is 2.00 bits per heavy atom. The van der Waals surface area contributed by atoms with Crippen LogP contribution < -0.4 is 11.2 Å². The van der Waals surface area contributed by atoms with E-state index in [1.165, 1.54) is 12.1 Å². The number of rotatable bonds is 6. The summed E-state index contributed by atoms with van der Waals surface area (Å²) in [4.78, 5) is 39.0. The van der Waals surface area contributed by atoms with E-state index in [1.54, 1.807) is 0 Å². The lowest BCUT2D eigenvalue weighted by Crippen LogP contribution is -2.30. The number of hydrogen-bond acceptors (Lipinski definition) is 6. The van der Waals surface area contributed by atoms with Crippen LogP contribution >= 0.6 is 0 Å². The Bertz CT molecular complexity index is 976. The first kappa shape index (κ1) is 16.4. The molecule has 1 aromatic heterocycles. The van der Waals surface area contributed by atoms with E-state index in [0.29, 0.717) is 0 Å². The fraction of sp³-hybridized carbons (Fsp3) is 0.125. The van der Waals surface area contributed by atoms with E-state index in [1.807, 2.05) is 30.3 Å². The van der Waals surface area contributed by atoms with Gasteiger partial charge in [0.1, 0.15) is 6.54 Å². The molecule has 0 aliphatic heterocycles. The van der Waals surface area contributed by atoms with E-state index in [2.05, 4.69) is 5.48 Å². The molecule has 0 fully saturated rings. The molecule has 0 radical (unpaired) electrons. The lowest BCUT2D eigenvalue weighted by Gasteiger charge is -2.06. The predicted molar refractivity (Wildman–Crippen MR) is 86.5 cm³/mol. The van der Waals surface area contributed by atoms with Crippen LogP contribution in [0.1, 0.15) is 5.56 Å². The summed E-state index contributed by atoms with van der Waals surface area (Å²) in [6, 6.07) is 13.0. The maximum absolute atomic E-state index is 11.9. The van der Waals surface area contributed by atoms with Crippen molar-refractivity contribution in [2.45, 2.75) is 13.2 Å². The summed E-state index contributed by atoms with van der Waals surface area (Å²) in [5.41, 5.74) is 3.24. The molecule has 0 atom stereocenters. The topological polar surface area (TPSA) is 117 Å². The van der Waals surface area contributed by atoms with Gasteiger partial charge in [-0.15, -0.1) is 0 Å². The molecule has 3 aromatic rings. The third kappa shape index (κ3) is 3.72. The number of amides is 1. The first-order valence-corrected chi connectivity index (χ1v) is 7.27. The van der Waals surface area contributed by atoms with E-state index in [-0.39, 0.29) is 29.9 Å². The molecular formula is C16H13N3O6. The minimum absolute atomic E-state index is 0.0391. The van der Waals surface area contributed by atoms with Gasteiger partial charge in [-0.25, -0.2) is 10.3 Å². The fourth-order valence-electron chi connectivity index (χ4n) is 2.27. The number of hydrogen-bond donors (Lipinski definition) is 1. The summed E-state index contributed by atoms with van der Waals surface area (Å²) in [7, 11) is 0. The van der Waals surface area contributed by atoms with Crippen molar-refractivity contribution in [3.8, 4) is 0 Å². The average Bonchev–Trinajstić information content (AvgIpc) is 2.90. The van der Waals surface area contributed by atoms with Gasteiger partial charge in [0.2, 0.25) is 0 Å². The summed E-state index contributed by atoms with van der Waals surface area (Å²) in [6.45, 7) is -0.155. The zero-order valence-electron chi connectivity index (χ0n) is 12.9. The highest BCUT2D eigenvalue weighted by Crippen LogP contribution is 2.19. The molecule has 1 heterocycles. The van der Waals surface area contributed by atoms with E-state index < -0.39 is 16.6 Å². The van der Waals surface area contributed by atoms with Gasteiger partial charge in [0.25, 0.3) is 11.6 Å². The van der Waals surface area contributed by atoms with Crippen LogP contribution in [0.3, 0.4) is 0 Å². The van der Waals surface area contributed by atoms with Gasteiger partial charge in [-0.05, 0) is 11.6 Å². The van der Waals surface area contributed by atoms with Gasteiger partial charge in [-0.1, -0.05) is 30.3 Å². The normalized spacial score (nSPS) is 10.7. The van der Waals surface area contributed by atoms with E-state index in [9.17, 15) is 19.7 Å². The second kappa shape index (κ2) is 6.97. The minimum atomic E-state index is -0.784. The largest absolute Gasteiger partial charge is 0.420 e. The number of carbonyl (C=O) groups is 1. The smallest absolute Gasteiger partial charge is 0.407 e. The number of nitrogens with one attached hydrogen (secondary N) is 1. The monoisotopic (exact) mass is 343 g/mol. The molecule has 3 rings (SSSR count). The molecule has 0 saturated carbocycles. The number of oxazole rings is 1. The molecular weight excluding hydrogens is 330 g/mol. The van der Waals surface area contributed by atoms with Crippen molar-refractivity contribution >= 4 is 22.7 Å². The Hall–Kier alpha value is -3.46. The molecule has 2 aromatic carbocycles. The molecule has 0 aliphatic rings. The highest BCUT2D eigenvalue weighted by atomic mass is 16.7. The SMILES string of the molecule is O=C(Cn1c(=O)oc2cc([N+](=O)[O-])ccc21)NOCc1ccccc1. The number of carbonyl (C=O) groups excluding carboxylic acids is 1. The standard InChI is InChI=1S/C16H13N3O6/c20-15(17-24-10-11-4-2-1-3-5-11)9-18-13-7-6-12(19(22)23)8-14(13)25-16(18)21/h1-8H,9-10H2,(H,17,20). The van der Waals surface area contributed by atoms with Gasteiger partial charge < -0.3 is 4.42 Å². The number of nitro groups is 1. The molecule has 128 valence electrons. The maximum atomic E-state index is 11.9. The average molecular weight is 343 g/mol. The van der Waals surface area contributed by atoms with Crippen molar-refractivity contribution in [1.29, 1.82) is 0 Å². The third-order valence-electron chi connectivity index (χ3n) is 3.43. The Balaban J connectivity index is 1.67. The van der Waals surface area contributed by atoms with Crippen molar-refractivity contribution in [3.05, 3.63) is 74.8 Å². The summed E-state index contributed by atoms with van der Waals surface area (Å²) in [6.07, 6.45) is 0. The summed E-state index contributed by atoms with van der Waals surface area (Å²) >= 11 is 0. The van der Waals surface area contributed by atoms with Gasteiger partial charge in [-0.3, -0.25) is 24.3 Å².